The Morgan fingerprint density at radius 2 is 0.893 bits per heavy atom. The van der Waals surface area contributed by atoms with Crippen LogP contribution >= 0.6 is 0 Å². The maximum Gasteiger partial charge on any atom is 0.407 e. The van der Waals surface area contributed by atoms with Crippen molar-refractivity contribution in [3.63, 3.8) is 0 Å². The quantitative estimate of drug-likeness (QED) is 0.157. The second-order valence-corrected chi connectivity index (χ2v) is 13.5. The zero-order valence-corrected chi connectivity index (χ0v) is 31.1. The second-order valence-electron chi connectivity index (χ2n) is 13.5. The lowest BCUT2D eigenvalue weighted by atomic mass is 10.0. The summed E-state index contributed by atoms with van der Waals surface area (Å²) in [4.78, 5) is 81.5. The summed E-state index contributed by atoms with van der Waals surface area (Å²) in [6.45, 7) is 0.748. The summed E-state index contributed by atoms with van der Waals surface area (Å²) < 4.78 is 9.50. The van der Waals surface area contributed by atoms with Crippen LogP contribution in [0.5, 0.6) is 0 Å². The van der Waals surface area contributed by atoms with Gasteiger partial charge in [-0.25, -0.2) is 9.59 Å². The largest absolute Gasteiger partial charge is 0.453 e. The molecule has 2 aliphatic heterocycles. The molecule has 0 spiro atoms. The molecule has 0 saturated carbocycles. The highest BCUT2D eigenvalue weighted by atomic mass is 16.5. The van der Waals surface area contributed by atoms with Gasteiger partial charge in [-0.3, -0.25) is 19.2 Å². The molecule has 4 aromatic rings. The summed E-state index contributed by atoms with van der Waals surface area (Å²) in [6, 6.07) is 28.7. The number of anilines is 2. The molecule has 2 fully saturated rings. The maximum atomic E-state index is 13.7. The van der Waals surface area contributed by atoms with Gasteiger partial charge < -0.3 is 40.5 Å². The molecule has 0 aliphatic carbocycles. The first-order valence-corrected chi connectivity index (χ1v) is 18.4. The maximum absolute atomic E-state index is 13.7. The number of carbonyl (C=O) groups is 6. The van der Waals surface area contributed by atoms with Crippen molar-refractivity contribution in [2.45, 2.75) is 49.9 Å². The average molecular weight is 761 g/mol. The molecule has 0 radical (unpaired) electrons. The number of benzene rings is 4. The van der Waals surface area contributed by atoms with E-state index in [1.807, 2.05) is 36.4 Å². The number of hydrogen-bond donors (Lipinski definition) is 4. The molecule has 2 saturated heterocycles. The molecule has 0 aromatic heterocycles. The van der Waals surface area contributed by atoms with Crippen LogP contribution < -0.4 is 21.3 Å². The number of nitrogens with one attached hydrogen (secondary N) is 4. The minimum Gasteiger partial charge on any atom is -0.453 e. The van der Waals surface area contributed by atoms with Gasteiger partial charge in [0.2, 0.25) is 11.8 Å². The van der Waals surface area contributed by atoms with Crippen LogP contribution in [0.1, 0.15) is 48.9 Å². The van der Waals surface area contributed by atoms with Gasteiger partial charge in [0.15, 0.2) is 0 Å². The molecular weight excluding hydrogens is 716 g/mol. The smallest absolute Gasteiger partial charge is 0.407 e. The van der Waals surface area contributed by atoms with Gasteiger partial charge in [0.1, 0.15) is 24.2 Å². The normalized spacial score (nSPS) is 17.2. The van der Waals surface area contributed by atoms with Gasteiger partial charge in [0.25, 0.3) is 11.8 Å². The van der Waals surface area contributed by atoms with Crippen molar-refractivity contribution >= 4 is 47.2 Å². The molecule has 2 heterocycles. The number of amides is 6. The van der Waals surface area contributed by atoms with Gasteiger partial charge in [0, 0.05) is 24.5 Å². The Hall–Kier alpha value is -6.70. The van der Waals surface area contributed by atoms with Gasteiger partial charge in [-0.05, 0) is 72.2 Å². The first kappa shape index (κ1) is 39.0. The van der Waals surface area contributed by atoms with Crippen LogP contribution in [0.4, 0.5) is 21.0 Å². The van der Waals surface area contributed by atoms with Crippen molar-refractivity contribution in [3.05, 3.63) is 120 Å². The molecule has 4 atom stereocenters. The van der Waals surface area contributed by atoms with E-state index < -0.39 is 48.2 Å². The molecular formula is C42H44N6O8. The fourth-order valence-corrected chi connectivity index (χ4v) is 7.10. The number of likely N-dealkylation sites (tertiary alicyclic amines) is 2. The molecule has 0 unspecified atom stereocenters. The number of ether oxygens (including phenoxy) is 2. The predicted octanol–water partition coefficient (Wildman–Crippen LogP) is 5.41. The van der Waals surface area contributed by atoms with Crippen molar-refractivity contribution < 1.29 is 38.2 Å². The Morgan fingerprint density at radius 1 is 0.536 bits per heavy atom. The topological polar surface area (TPSA) is 175 Å². The molecule has 14 heteroatoms. The molecule has 2 aliphatic rings. The van der Waals surface area contributed by atoms with E-state index in [4.69, 9.17) is 9.47 Å². The Morgan fingerprint density at radius 3 is 1.23 bits per heavy atom. The highest BCUT2D eigenvalue weighted by Crippen LogP contribution is 2.28. The Labute approximate surface area is 324 Å². The lowest BCUT2D eigenvalue weighted by Crippen LogP contribution is -2.48. The predicted molar refractivity (Wildman–Crippen MR) is 208 cm³/mol. The summed E-state index contributed by atoms with van der Waals surface area (Å²) in [6.07, 6.45) is 0.739. The van der Waals surface area contributed by atoms with Crippen molar-refractivity contribution in [3.8, 4) is 11.1 Å². The van der Waals surface area contributed by atoms with Crippen LogP contribution in [0, 0.1) is 0 Å². The molecule has 290 valence electrons. The zero-order valence-electron chi connectivity index (χ0n) is 31.1. The highest BCUT2D eigenvalue weighted by Gasteiger charge is 2.40. The van der Waals surface area contributed by atoms with Crippen LogP contribution in [0.15, 0.2) is 109 Å². The molecule has 0 bridgehead atoms. The molecule has 4 aromatic carbocycles. The van der Waals surface area contributed by atoms with E-state index in [1.54, 1.807) is 72.8 Å². The van der Waals surface area contributed by atoms with E-state index in [-0.39, 0.29) is 11.8 Å². The van der Waals surface area contributed by atoms with Crippen molar-refractivity contribution in [1.29, 1.82) is 0 Å². The summed E-state index contributed by atoms with van der Waals surface area (Å²) in [5.74, 6) is -1.45. The number of nitrogens with zero attached hydrogens (tertiary/aromatic N) is 2. The van der Waals surface area contributed by atoms with Gasteiger partial charge in [-0.15, -0.1) is 0 Å². The monoisotopic (exact) mass is 760 g/mol. The number of alkyl carbamates (subject to hydrolysis) is 2. The van der Waals surface area contributed by atoms with Gasteiger partial charge in [-0.1, -0.05) is 84.9 Å². The number of rotatable bonds is 11. The minimum absolute atomic E-state index is 0.327. The van der Waals surface area contributed by atoms with E-state index in [1.165, 1.54) is 24.0 Å². The summed E-state index contributed by atoms with van der Waals surface area (Å²) in [5, 5.41) is 11.1. The summed E-state index contributed by atoms with van der Waals surface area (Å²) >= 11 is 0. The zero-order chi connectivity index (χ0) is 39.6. The number of methoxy groups -OCH3 is 2. The van der Waals surface area contributed by atoms with E-state index in [0.29, 0.717) is 61.3 Å². The highest BCUT2D eigenvalue weighted by molar-refractivity contribution is 6.00. The van der Waals surface area contributed by atoms with Crippen LogP contribution in [-0.4, -0.2) is 85.0 Å². The van der Waals surface area contributed by atoms with Gasteiger partial charge in [0.05, 0.1) is 14.2 Å². The van der Waals surface area contributed by atoms with E-state index in [9.17, 15) is 28.8 Å². The van der Waals surface area contributed by atoms with Crippen molar-refractivity contribution in [1.82, 2.24) is 20.4 Å². The van der Waals surface area contributed by atoms with Crippen LogP contribution in [0.25, 0.3) is 11.1 Å². The first-order valence-electron chi connectivity index (χ1n) is 18.4. The van der Waals surface area contributed by atoms with Gasteiger partial charge in [-0.2, -0.15) is 0 Å². The fraction of sp³-hybridized carbons (Fsp3) is 0.286. The van der Waals surface area contributed by atoms with Crippen LogP contribution in [0.3, 0.4) is 0 Å². The SMILES string of the molecule is COC(=O)N[C@@H](C(=O)N1CCC[C@H]1C(=O)Nc1ccc(-c2ccc(NC(=O)[C@@H]3CCCN3C(=O)[C@H](NC(=O)OC)c3ccccc3)cc2)cc1)c1ccccc1. The third kappa shape index (κ3) is 9.14. The van der Waals surface area contributed by atoms with E-state index in [0.717, 1.165) is 11.1 Å². The summed E-state index contributed by atoms with van der Waals surface area (Å²) in [5.41, 5.74) is 4.01. The third-order valence-electron chi connectivity index (χ3n) is 9.97. The van der Waals surface area contributed by atoms with Gasteiger partial charge >= 0.3 is 12.2 Å². The number of carbonyl (C=O) groups excluding carboxylic acids is 6. The van der Waals surface area contributed by atoms with Crippen LogP contribution in [0.2, 0.25) is 0 Å². The Bertz CT molecular complexity index is 1880. The number of hydrogen-bond acceptors (Lipinski definition) is 8. The molecule has 6 rings (SSSR count). The molecule has 4 N–H and O–H groups in total. The van der Waals surface area contributed by atoms with E-state index in [2.05, 4.69) is 21.3 Å². The van der Waals surface area contributed by atoms with Crippen molar-refractivity contribution in [2.24, 2.45) is 0 Å². The third-order valence-corrected chi connectivity index (χ3v) is 9.97. The fourth-order valence-electron chi connectivity index (χ4n) is 7.10. The second kappa shape index (κ2) is 18.1. The molecule has 6 amide bonds. The molecule has 14 nitrogen and oxygen atoms in total. The lowest BCUT2D eigenvalue weighted by Gasteiger charge is -2.28. The lowest BCUT2D eigenvalue weighted by molar-refractivity contribution is -0.138. The Balaban J connectivity index is 1.06. The molecule has 56 heavy (non-hydrogen) atoms. The van der Waals surface area contributed by atoms with Crippen LogP contribution in [-0.2, 0) is 28.7 Å². The first-order chi connectivity index (χ1) is 27.2. The van der Waals surface area contributed by atoms with Crippen molar-refractivity contribution in [2.75, 3.05) is 37.9 Å². The standard InChI is InChI=1S/C42H44N6O8/c1-55-41(53)45-35(29-11-5-3-6-12-29)39(51)47-25-9-15-33(47)37(49)43-31-21-17-27(18-22-31)28-19-23-32(24-20-28)44-38(50)34-16-10-26-48(34)40(52)36(46-42(54)56-2)30-13-7-4-8-14-30/h3-8,11-14,17-24,33-36H,9-10,15-16,25-26H2,1-2H3,(H,43,49)(H,44,50)(H,45,53)(H,46,54)/t33-,34-,35+,36+/m0/s1. The average Bonchev–Trinajstić information content (AvgIpc) is 3.94. The minimum atomic E-state index is -1.01. The summed E-state index contributed by atoms with van der Waals surface area (Å²) in [7, 11) is 2.45. The Kier molecular flexibility index (Phi) is 12.6. The van der Waals surface area contributed by atoms with E-state index >= 15 is 0 Å².